The fraction of sp³-hybridized carbons (Fsp3) is 0.500. The van der Waals surface area contributed by atoms with Gasteiger partial charge in [-0.1, -0.05) is 0 Å². The van der Waals surface area contributed by atoms with E-state index in [1.165, 1.54) is 26.1 Å². The number of aliphatic hydroxyl groups excluding tert-OH is 1. The van der Waals surface area contributed by atoms with Gasteiger partial charge in [0.25, 0.3) is 0 Å². The third-order valence-corrected chi connectivity index (χ3v) is 7.55. The van der Waals surface area contributed by atoms with Crippen LogP contribution in [0.15, 0.2) is 44.0 Å². The average Bonchev–Trinajstić information content (AvgIpc) is 3.01. The molecule has 0 spiro atoms. The van der Waals surface area contributed by atoms with Crippen molar-refractivity contribution in [2.45, 2.75) is 119 Å². The van der Waals surface area contributed by atoms with Crippen LogP contribution in [0, 0.1) is 6.92 Å². The zero-order chi connectivity index (χ0) is 43.9. The molecular formula is C36H56N12O8. The minimum absolute atomic E-state index is 0.0227. The van der Waals surface area contributed by atoms with Crippen molar-refractivity contribution in [2.75, 3.05) is 22.9 Å². The highest BCUT2D eigenvalue weighted by atomic mass is 16.4. The van der Waals surface area contributed by atoms with Crippen molar-refractivity contribution in [3.8, 4) is 0 Å². The number of aromatic carboxylic acids is 1. The van der Waals surface area contributed by atoms with Gasteiger partial charge in [-0.3, -0.25) is 23.1 Å². The first-order chi connectivity index (χ1) is 25.3. The maximum Gasteiger partial charge on any atom is 0.350 e. The quantitative estimate of drug-likeness (QED) is 0.161. The first kappa shape index (κ1) is 47.8. The minimum Gasteiger partial charge on any atom is -0.478 e. The van der Waals surface area contributed by atoms with Crippen LogP contribution in [0.4, 0.5) is 23.3 Å². The summed E-state index contributed by atoms with van der Waals surface area (Å²) in [6.45, 7) is 24.0. The summed E-state index contributed by atoms with van der Waals surface area (Å²) in [5, 5.41) is 17.8. The van der Waals surface area contributed by atoms with Gasteiger partial charge in [-0.2, -0.15) is 19.9 Å². The van der Waals surface area contributed by atoms with Gasteiger partial charge in [0.1, 0.15) is 28.8 Å². The summed E-state index contributed by atoms with van der Waals surface area (Å²) in [6.07, 6.45) is 6.52. The number of nitrogens with two attached hydrogens (primary N) is 4. The normalized spacial score (nSPS) is 11.5. The molecule has 4 aromatic heterocycles. The fourth-order valence-electron chi connectivity index (χ4n) is 4.32. The molecule has 20 nitrogen and oxygen atoms in total. The van der Waals surface area contributed by atoms with Crippen molar-refractivity contribution in [1.29, 1.82) is 0 Å². The third-order valence-electron chi connectivity index (χ3n) is 7.55. The molecule has 0 radical (unpaired) electrons. The Kier molecular flexibility index (Phi) is 15.4. The Labute approximate surface area is 323 Å². The number of aldehydes is 1. The molecule has 0 bridgehead atoms. The highest BCUT2D eigenvalue weighted by molar-refractivity contribution is 5.92. The van der Waals surface area contributed by atoms with Crippen LogP contribution in [0.25, 0.3) is 0 Å². The number of nitrogen functional groups attached to an aromatic ring is 4. The molecule has 308 valence electrons. The molecule has 4 aromatic rings. The summed E-state index contributed by atoms with van der Waals surface area (Å²) >= 11 is 0. The summed E-state index contributed by atoms with van der Waals surface area (Å²) in [4.78, 5) is 81.5. The summed E-state index contributed by atoms with van der Waals surface area (Å²) in [5.74, 6) is -1.07. The predicted molar refractivity (Wildman–Crippen MR) is 215 cm³/mol. The van der Waals surface area contributed by atoms with Crippen LogP contribution in [0.3, 0.4) is 0 Å². The smallest absolute Gasteiger partial charge is 0.350 e. The summed E-state index contributed by atoms with van der Waals surface area (Å²) in [5.41, 5.74) is 19.8. The number of aromatic nitrogens is 8. The molecule has 4 heterocycles. The second kappa shape index (κ2) is 18.0. The van der Waals surface area contributed by atoms with Gasteiger partial charge in [0.2, 0.25) is 0 Å². The van der Waals surface area contributed by atoms with Gasteiger partial charge < -0.3 is 33.1 Å². The van der Waals surface area contributed by atoms with E-state index in [0.29, 0.717) is 17.7 Å². The number of anilines is 4. The zero-order valence-corrected chi connectivity index (χ0v) is 34.3. The number of carbonyl (C=O) groups excluding carboxylic acids is 1. The maximum absolute atomic E-state index is 11.4. The topological polar surface area (TPSA) is 318 Å². The van der Waals surface area contributed by atoms with Crippen molar-refractivity contribution in [3.05, 3.63) is 89.0 Å². The van der Waals surface area contributed by atoms with Crippen molar-refractivity contribution in [3.63, 3.8) is 0 Å². The number of aryl methyl sites for hydroxylation is 1. The molecule has 0 saturated heterocycles. The fourth-order valence-corrected chi connectivity index (χ4v) is 4.32. The molecule has 20 heteroatoms. The van der Waals surface area contributed by atoms with Gasteiger partial charge in [-0.25, -0.2) is 24.0 Å². The Bertz CT molecular complexity index is 2280. The first-order valence-electron chi connectivity index (χ1n) is 17.1. The molecular weight excluding hydrogens is 728 g/mol. The third kappa shape index (κ3) is 13.0. The monoisotopic (exact) mass is 784 g/mol. The van der Waals surface area contributed by atoms with Crippen LogP contribution in [-0.4, -0.2) is 60.7 Å². The van der Waals surface area contributed by atoms with Crippen LogP contribution in [0.2, 0.25) is 0 Å². The van der Waals surface area contributed by atoms with Gasteiger partial charge in [0, 0.05) is 58.1 Å². The number of aliphatic hydroxyl groups is 1. The summed E-state index contributed by atoms with van der Waals surface area (Å²) in [7, 11) is 0. The standard InChI is InChI=1S/C9H13N3O3.C9H15N3O2.C9H13N3O2.C9H15N3O/c1-9(2,3)12-4-5(7(13)14)6(10)11-8(12)15;2*1-9(2,3)12-4-6(5-13)7(10)11-8(12)14;1-6-5-12(9(2,3)4)8(13)11-7(6)10/h4H,1-3H3,(H,13,14)(H2,10,11,15);4,13H,5H2,1-3H3,(H2,10,11,14);4-5H,1-3H3,(H2,10,11,14);5H,1-4H3,(H2,10,11,13). The lowest BCUT2D eigenvalue weighted by atomic mass is 10.1. The van der Waals surface area contributed by atoms with E-state index in [4.69, 9.17) is 33.1 Å². The van der Waals surface area contributed by atoms with E-state index in [1.54, 1.807) is 37.7 Å². The Hall–Kier alpha value is -6.18. The minimum atomic E-state index is -1.20. The molecule has 0 atom stereocenters. The Morgan fingerprint density at radius 1 is 0.589 bits per heavy atom. The van der Waals surface area contributed by atoms with E-state index in [-0.39, 0.29) is 52.0 Å². The van der Waals surface area contributed by atoms with Crippen molar-refractivity contribution < 1.29 is 19.8 Å². The molecule has 0 saturated carbocycles. The molecule has 0 fully saturated rings. The van der Waals surface area contributed by atoms with E-state index in [0.717, 1.165) is 5.56 Å². The largest absolute Gasteiger partial charge is 0.478 e. The SMILES string of the molecule is CC(C)(C)n1cc(C(=O)O)c(N)nc1=O.CC(C)(C)n1cc(C=O)c(N)nc1=O.CC(C)(C)n1cc(CO)c(N)nc1=O.Cc1cn(C(C)(C)C)c(=O)nc1N. The first-order valence-corrected chi connectivity index (χ1v) is 17.1. The molecule has 0 unspecified atom stereocenters. The van der Waals surface area contributed by atoms with Crippen molar-refractivity contribution in [2.24, 2.45) is 0 Å². The number of carbonyl (C=O) groups is 2. The molecule has 0 aliphatic heterocycles. The lowest BCUT2D eigenvalue weighted by Crippen LogP contribution is -2.36. The zero-order valence-electron chi connectivity index (χ0n) is 34.3. The molecule has 56 heavy (non-hydrogen) atoms. The highest BCUT2D eigenvalue weighted by Crippen LogP contribution is 2.16. The van der Waals surface area contributed by atoms with Gasteiger partial charge in [0.15, 0.2) is 6.29 Å². The molecule has 0 amide bonds. The lowest BCUT2D eigenvalue weighted by molar-refractivity contribution is 0.0695. The van der Waals surface area contributed by atoms with Crippen LogP contribution >= 0.6 is 0 Å². The highest BCUT2D eigenvalue weighted by Gasteiger charge is 2.21. The van der Waals surface area contributed by atoms with Gasteiger partial charge >= 0.3 is 28.7 Å². The Morgan fingerprint density at radius 3 is 1.30 bits per heavy atom. The van der Waals surface area contributed by atoms with E-state index in [2.05, 4.69) is 19.9 Å². The summed E-state index contributed by atoms with van der Waals surface area (Å²) in [6, 6.07) is 0. The molecule has 0 aliphatic carbocycles. The lowest BCUT2D eigenvalue weighted by Gasteiger charge is -2.22. The van der Waals surface area contributed by atoms with E-state index in [1.807, 2.05) is 69.2 Å². The van der Waals surface area contributed by atoms with E-state index >= 15 is 0 Å². The Morgan fingerprint density at radius 2 is 0.929 bits per heavy atom. The number of carboxylic acid groups (broad SMARTS) is 1. The number of rotatable bonds is 3. The number of hydrogen-bond donors (Lipinski definition) is 6. The molecule has 0 aromatic carbocycles. The summed E-state index contributed by atoms with van der Waals surface area (Å²) < 4.78 is 5.66. The Balaban J connectivity index is 0.000000374. The van der Waals surface area contributed by atoms with Crippen LogP contribution < -0.4 is 45.7 Å². The van der Waals surface area contributed by atoms with E-state index in [9.17, 15) is 28.8 Å². The molecule has 10 N–H and O–H groups in total. The van der Waals surface area contributed by atoms with Crippen LogP contribution in [-0.2, 0) is 28.8 Å². The van der Waals surface area contributed by atoms with Crippen molar-refractivity contribution in [1.82, 2.24) is 38.2 Å². The van der Waals surface area contributed by atoms with Gasteiger partial charge in [-0.05, 0) is 90.0 Å². The van der Waals surface area contributed by atoms with Crippen LogP contribution in [0.5, 0.6) is 0 Å². The average molecular weight is 785 g/mol. The second-order valence-corrected chi connectivity index (χ2v) is 16.5. The van der Waals surface area contributed by atoms with Gasteiger partial charge in [0.05, 0.1) is 12.2 Å². The second-order valence-electron chi connectivity index (χ2n) is 16.5. The van der Waals surface area contributed by atoms with Crippen molar-refractivity contribution >= 4 is 35.5 Å². The number of carboxylic acids is 1. The number of hydrogen-bond acceptors (Lipinski definition) is 15. The van der Waals surface area contributed by atoms with Gasteiger partial charge in [-0.15, -0.1) is 0 Å². The maximum atomic E-state index is 11.4. The predicted octanol–water partition coefficient (Wildman–Crippen LogP) is 1.63. The van der Waals surface area contributed by atoms with Crippen LogP contribution in [0.1, 0.15) is 115 Å². The molecule has 0 aliphatic rings. The van der Waals surface area contributed by atoms with E-state index < -0.39 is 34.1 Å². The molecule has 4 rings (SSSR count). The number of nitrogens with zero attached hydrogens (tertiary/aromatic N) is 8.